The van der Waals surface area contributed by atoms with Gasteiger partial charge >= 0.3 is 0 Å². The summed E-state index contributed by atoms with van der Waals surface area (Å²) in [6, 6.07) is 5.21. The highest BCUT2D eigenvalue weighted by atomic mass is 79.9. The Hall–Kier alpha value is -0.410. The quantitative estimate of drug-likeness (QED) is 0.896. The molecule has 0 aromatic heterocycles. The van der Waals surface area contributed by atoms with Gasteiger partial charge in [0.25, 0.3) is 0 Å². The molecule has 94 valence electrons. The van der Waals surface area contributed by atoms with E-state index in [4.69, 9.17) is 5.73 Å². The molecule has 1 saturated carbocycles. The minimum atomic E-state index is -0.190. The Morgan fingerprint density at radius 2 is 1.94 bits per heavy atom. The molecule has 0 bridgehead atoms. The fraction of sp³-hybridized carbons (Fsp3) is 0.571. The summed E-state index contributed by atoms with van der Waals surface area (Å²) < 4.78 is 14.0. The van der Waals surface area contributed by atoms with Gasteiger partial charge in [-0.15, -0.1) is 0 Å². The van der Waals surface area contributed by atoms with Gasteiger partial charge in [0.1, 0.15) is 5.82 Å². The number of hydrogen-bond acceptors (Lipinski definition) is 1. The maximum Gasteiger partial charge on any atom is 0.124 e. The first kappa shape index (κ1) is 13.0. The van der Waals surface area contributed by atoms with E-state index in [2.05, 4.69) is 15.9 Å². The highest BCUT2D eigenvalue weighted by Crippen LogP contribution is 2.27. The standard InChI is InChI=1S/C14H19BrFN/c15-12-6-10(7-13(16)9-12)8-14(17)11-4-2-1-3-5-11/h6-7,9,11,14H,1-5,8,17H2. The van der Waals surface area contributed by atoms with Crippen LogP contribution in [0.15, 0.2) is 22.7 Å². The average molecular weight is 300 g/mol. The molecule has 1 aliphatic carbocycles. The number of nitrogens with two attached hydrogens (primary N) is 1. The molecule has 0 aliphatic heterocycles. The molecular formula is C14H19BrFN. The van der Waals surface area contributed by atoms with Gasteiger partial charge in [0.2, 0.25) is 0 Å². The smallest absolute Gasteiger partial charge is 0.124 e. The zero-order valence-corrected chi connectivity index (χ0v) is 11.5. The fourth-order valence-electron chi connectivity index (χ4n) is 2.73. The van der Waals surface area contributed by atoms with Crippen LogP contribution in [-0.2, 0) is 6.42 Å². The largest absolute Gasteiger partial charge is 0.327 e. The third kappa shape index (κ3) is 3.78. The Balaban J connectivity index is 1.99. The molecule has 1 aromatic rings. The van der Waals surface area contributed by atoms with Crippen LogP contribution in [0.2, 0.25) is 0 Å². The first-order valence-corrected chi connectivity index (χ1v) is 7.15. The Morgan fingerprint density at radius 1 is 1.24 bits per heavy atom. The van der Waals surface area contributed by atoms with Crippen molar-refractivity contribution in [3.05, 3.63) is 34.1 Å². The Morgan fingerprint density at radius 3 is 2.59 bits per heavy atom. The van der Waals surface area contributed by atoms with Crippen molar-refractivity contribution < 1.29 is 4.39 Å². The molecule has 0 saturated heterocycles. The average Bonchev–Trinajstić information content (AvgIpc) is 2.28. The lowest BCUT2D eigenvalue weighted by atomic mass is 9.82. The van der Waals surface area contributed by atoms with Crippen LogP contribution in [0.1, 0.15) is 37.7 Å². The fourth-order valence-corrected chi connectivity index (χ4v) is 3.24. The van der Waals surface area contributed by atoms with Crippen molar-refractivity contribution in [2.45, 2.75) is 44.6 Å². The van der Waals surface area contributed by atoms with Crippen molar-refractivity contribution in [3.8, 4) is 0 Å². The molecule has 17 heavy (non-hydrogen) atoms. The van der Waals surface area contributed by atoms with Gasteiger partial charge in [-0.2, -0.15) is 0 Å². The van der Waals surface area contributed by atoms with Gasteiger partial charge in [0, 0.05) is 10.5 Å². The molecule has 2 rings (SSSR count). The Kier molecular flexibility index (Phi) is 4.57. The number of halogens is 2. The minimum absolute atomic E-state index is 0.170. The molecule has 1 aromatic carbocycles. The molecule has 1 unspecified atom stereocenters. The Bertz CT molecular complexity index is 354. The summed E-state index contributed by atoms with van der Waals surface area (Å²) in [4.78, 5) is 0. The lowest BCUT2D eigenvalue weighted by molar-refractivity contribution is 0.303. The molecule has 1 atom stereocenters. The van der Waals surface area contributed by atoms with Crippen molar-refractivity contribution >= 4 is 15.9 Å². The molecule has 1 aliphatic rings. The van der Waals surface area contributed by atoms with Gasteiger partial charge in [-0.1, -0.05) is 35.2 Å². The molecule has 3 heteroatoms. The van der Waals surface area contributed by atoms with Crippen LogP contribution in [0.4, 0.5) is 4.39 Å². The summed E-state index contributed by atoms with van der Waals surface area (Å²) in [6.45, 7) is 0. The second-order valence-corrected chi connectivity index (χ2v) is 5.96. The summed E-state index contributed by atoms with van der Waals surface area (Å²) in [7, 11) is 0. The van der Waals surface area contributed by atoms with E-state index in [0.29, 0.717) is 5.92 Å². The molecule has 1 fully saturated rings. The van der Waals surface area contributed by atoms with Crippen molar-refractivity contribution in [2.24, 2.45) is 11.7 Å². The molecule has 0 spiro atoms. The normalized spacial score (nSPS) is 19.2. The zero-order valence-electron chi connectivity index (χ0n) is 9.96. The first-order valence-electron chi connectivity index (χ1n) is 6.35. The van der Waals surface area contributed by atoms with E-state index >= 15 is 0 Å². The molecule has 0 heterocycles. The summed E-state index contributed by atoms with van der Waals surface area (Å²) >= 11 is 3.32. The second-order valence-electron chi connectivity index (χ2n) is 5.04. The van der Waals surface area contributed by atoms with E-state index in [-0.39, 0.29) is 11.9 Å². The zero-order chi connectivity index (χ0) is 12.3. The second kappa shape index (κ2) is 5.96. The Labute approximate surface area is 111 Å². The maximum atomic E-state index is 13.2. The monoisotopic (exact) mass is 299 g/mol. The van der Waals surface area contributed by atoms with E-state index in [1.54, 1.807) is 6.07 Å². The van der Waals surface area contributed by atoms with Crippen LogP contribution in [0.3, 0.4) is 0 Å². The third-order valence-electron chi connectivity index (χ3n) is 3.65. The van der Waals surface area contributed by atoms with Crippen LogP contribution < -0.4 is 5.73 Å². The van der Waals surface area contributed by atoms with Crippen LogP contribution in [0.5, 0.6) is 0 Å². The van der Waals surface area contributed by atoms with E-state index in [0.717, 1.165) is 16.5 Å². The van der Waals surface area contributed by atoms with Crippen molar-refractivity contribution in [1.29, 1.82) is 0 Å². The molecule has 1 nitrogen and oxygen atoms in total. The van der Waals surface area contributed by atoms with E-state index in [1.165, 1.54) is 38.2 Å². The van der Waals surface area contributed by atoms with E-state index < -0.39 is 0 Å². The van der Waals surface area contributed by atoms with E-state index in [1.807, 2.05) is 6.07 Å². The number of benzene rings is 1. The van der Waals surface area contributed by atoms with Crippen molar-refractivity contribution in [1.82, 2.24) is 0 Å². The summed E-state index contributed by atoms with van der Waals surface area (Å²) in [5, 5.41) is 0. The summed E-state index contributed by atoms with van der Waals surface area (Å²) in [5.74, 6) is 0.427. The van der Waals surface area contributed by atoms with Crippen LogP contribution >= 0.6 is 15.9 Å². The van der Waals surface area contributed by atoms with Crippen molar-refractivity contribution in [3.63, 3.8) is 0 Å². The van der Waals surface area contributed by atoms with Crippen molar-refractivity contribution in [2.75, 3.05) is 0 Å². The molecule has 2 N–H and O–H groups in total. The maximum absolute atomic E-state index is 13.2. The lowest BCUT2D eigenvalue weighted by Gasteiger charge is -2.27. The molecule has 0 amide bonds. The highest BCUT2D eigenvalue weighted by Gasteiger charge is 2.20. The summed E-state index contributed by atoms with van der Waals surface area (Å²) in [5.41, 5.74) is 7.24. The minimum Gasteiger partial charge on any atom is -0.327 e. The number of hydrogen-bond donors (Lipinski definition) is 1. The predicted molar refractivity (Wildman–Crippen MR) is 72.4 cm³/mol. The third-order valence-corrected chi connectivity index (χ3v) is 4.11. The lowest BCUT2D eigenvalue weighted by Crippen LogP contribution is -2.33. The van der Waals surface area contributed by atoms with Gasteiger partial charge in [0.05, 0.1) is 0 Å². The van der Waals surface area contributed by atoms with Gasteiger partial charge in [-0.3, -0.25) is 0 Å². The van der Waals surface area contributed by atoms with Gasteiger partial charge in [-0.05, 0) is 48.9 Å². The predicted octanol–water partition coefficient (Wildman–Crippen LogP) is 4.04. The van der Waals surface area contributed by atoms with Crippen LogP contribution in [-0.4, -0.2) is 6.04 Å². The van der Waals surface area contributed by atoms with Gasteiger partial charge in [0.15, 0.2) is 0 Å². The van der Waals surface area contributed by atoms with Gasteiger partial charge in [-0.25, -0.2) is 4.39 Å². The highest BCUT2D eigenvalue weighted by molar-refractivity contribution is 9.10. The number of rotatable bonds is 3. The molecular weight excluding hydrogens is 281 g/mol. The molecule has 0 radical (unpaired) electrons. The summed E-state index contributed by atoms with van der Waals surface area (Å²) in [6.07, 6.45) is 7.18. The topological polar surface area (TPSA) is 26.0 Å². The first-order chi connectivity index (χ1) is 8.15. The SMILES string of the molecule is NC(Cc1cc(F)cc(Br)c1)C1CCCCC1. The van der Waals surface area contributed by atoms with E-state index in [9.17, 15) is 4.39 Å². The van der Waals surface area contributed by atoms with Crippen LogP contribution in [0.25, 0.3) is 0 Å². The van der Waals surface area contributed by atoms with Gasteiger partial charge < -0.3 is 5.73 Å². The van der Waals surface area contributed by atoms with Crippen LogP contribution in [0, 0.1) is 11.7 Å².